The van der Waals surface area contributed by atoms with Crippen molar-refractivity contribution in [2.75, 3.05) is 0 Å². The molecule has 0 aromatic heterocycles. The largest absolute Gasteiger partial charge is 0.303 e. The summed E-state index contributed by atoms with van der Waals surface area (Å²) in [7, 11) is 0. The second kappa shape index (κ2) is 10.7. The van der Waals surface area contributed by atoms with Crippen molar-refractivity contribution >= 4 is 12.1 Å². The number of hydrogen-bond acceptors (Lipinski definition) is 2. The summed E-state index contributed by atoms with van der Waals surface area (Å²) in [5, 5.41) is 0. The highest BCUT2D eigenvalue weighted by Gasteiger charge is 2.01. The smallest absolute Gasteiger partial charge is 0.159 e. The van der Waals surface area contributed by atoms with Gasteiger partial charge < -0.3 is 4.79 Å². The fourth-order valence-electron chi connectivity index (χ4n) is 1.51. The van der Waals surface area contributed by atoms with Gasteiger partial charge in [-0.25, -0.2) is 0 Å². The van der Waals surface area contributed by atoms with Crippen LogP contribution >= 0.6 is 0 Å². The van der Waals surface area contributed by atoms with Crippen LogP contribution in [0.5, 0.6) is 0 Å². The van der Waals surface area contributed by atoms with Crippen LogP contribution in [0.25, 0.3) is 0 Å². The molecule has 1 aromatic rings. The Hall–Kier alpha value is -1.44. The average Bonchev–Trinajstić information content (AvgIpc) is 2.42. The summed E-state index contributed by atoms with van der Waals surface area (Å²) in [6, 6.07) is 9.23. The van der Waals surface area contributed by atoms with Gasteiger partial charge in [0.1, 0.15) is 6.29 Å². The first-order chi connectivity index (χ1) is 8.65. The molecule has 0 aliphatic rings. The third-order valence-corrected chi connectivity index (χ3v) is 2.83. The summed E-state index contributed by atoms with van der Waals surface area (Å²) < 4.78 is 0. The Kier molecular flexibility index (Phi) is 9.84. The molecule has 0 saturated carbocycles. The van der Waals surface area contributed by atoms with Crippen molar-refractivity contribution in [3.63, 3.8) is 0 Å². The first-order valence-electron chi connectivity index (χ1n) is 6.66. The molecule has 0 radical (unpaired) electrons. The van der Waals surface area contributed by atoms with Gasteiger partial charge in [0.2, 0.25) is 0 Å². The summed E-state index contributed by atoms with van der Waals surface area (Å²) >= 11 is 0. The second-order valence-electron chi connectivity index (χ2n) is 4.37. The van der Waals surface area contributed by atoms with E-state index >= 15 is 0 Å². The van der Waals surface area contributed by atoms with Crippen molar-refractivity contribution in [3.8, 4) is 0 Å². The molecule has 0 aliphatic carbocycles. The van der Waals surface area contributed by atoms with E-state index < -0.39 is 0 Å². The van der Waals surface area contributed by atoms with Gasteiger partial charge >= 0.3 is 0 Å². The molecule has 0 fully saturated rings. The fraction of sp³-hybridized carbons (Fsp3) is 0.500. The summed E-state index contributed by atoms with van der Waals surface area (Å²) in [6.07, 6.45) is 5.55. The summed E-state index contributed by atoms with van der Waals surface area (Å²) in [5.41, 5.74) is 0.775. The molecule has 1 rings (SSSR count). The predicted molar refractivity (Wildman–Crippen MR) is 75.8 cm³/mol. The lowest BCUT2D eigenvalue weighted by Gasteiger charge is -2.03. The molecular formula is C16H24O2. The SMILES string of the molecule is CC(=O)c1ccccc1.CCCCC(C=O)CC. The van der Waals surface area contributed by atoms with Gasteiger partial charge in [-0.05, 0) is 19.8 Å². The zero-order chi connectivity index (χ0) is 13.8. The highest BCUT2D eigenvalue weighted by atomic mass is 16.1. The molecule has 100 valence electrons. The van der Waals surface area contributed by atoms with E-state index in [-0.39, 0.29) is 5.78 Å². The van der Waals surface area contributed by atoms with E-state index in [1.807, 2.05) is 30.3 Å². The second-order valence-corrected chi connectivity index (χ2v) is 4.37. The van der Waals surface area contributed by atoms with Crippen molar-refractivity contribution in [1.29, 1.82) is 0 Å². The van der Waals surface area contributed by atoms with Crippen molar-refractivity contribution in [2.24, 2.45) is 5.92 Å². The molecule has 0 spiro atoms. The molecule has 0 saturated heterocycles. The molecule has 18 heavy (non-hydrogen) atoms. The van der Waals surface area contributed by atoms with Crippen LogP contribution < -0.4 is 0 Å². The minimum atomic E-state index is 0.121. The lowest BCUT2D eigenvalue weighted by Crippen LogP contribution is -1.98. The quantitative estimate of drug-likeness (QED) is 0.556. The maximum absolute atomic E-state index is 10.6. The third-order valence-electron chi connectivity index (χ3n) is 2.83. The molecular weight excluding hydrogens is 224 g/mol. The highest BCUT2D eigenvalue weighted by Crippen LogP contribution is 2.08. The monoisotopic (exact) mass is 248 g/mol. The van der Waals surface area contributed by atoms with Crippen LogP contribution in [0.15, 0.2) is 30.3 Å². The number of unbranched alkanes of at least 4 members (excludes halogenated alkanes) is 1. The van der Waals surface area contributed by atoms with E-state index in [9.17, 15) is 9.59 Å². The lowest BCUT2D eigenvalue weighted by atomic mass is 10.0. The van der Waals surface area contributed by atoms with Crippen LogP contribution in [0, 0.1) is 5.92 Å². The van der Waals surface area contributed by atoms with E-state index in [4.69, 9.17) is 0 Å². The molecule has 0 heterocycles. The maximum atomic E-state index is 10.6. The Balaban J connectivity index is 0.000000321. The minimum absolute atomic E-state index is 0.121. The topological polar surface area (TPSA) is 34.1 Å². The van der Waals surface area contributed by atoms with Gasteiger partial charge in [0.15, 0.2) is 5.78 Å². The van der Waals surface area contributed by atoms with Crippen molar-refractivity contribution in [3.05, 3.63) is 35.9 Å². The van der Waals surface area contributed by atoms with E-state index in [1.165, 1.54) is 12.8 Å². The summed E-state index contributed by atoms with van der Waals surface area (Å²) in [4.78, 5) is 20.9. The first-order valence-corrected chi connectivity index (χ1v) is 6.66. The van der Waals surface area contributed by atoms with Crippen LogP contribution in [0.1, 0.15) is 56.8 Å². The Labute approximate surface area is 110 Å². The predicted octanol–water partition coefficient (Wildman–Crippen LogP) is 4.29. The van der Waals surface area contributed by atoms with Gasteiger partial charge in [-0.3, -0.25) is 4.79 Å². The first kappa shape index (κ1) is 16.6. The van der Waals surface area contributed by atoms with Crippen LogP contribution in [0.2, 0.25) is 0 Å². The zero-order valence-electron chi connectivity index (χ0n) is 11.7. The van der Waals surface area contributed by atoms with Gasteiger partial charge in [0.05, 0.1) is 0 Å². The van der Waals surface area contributed by atoms with Crippen molar-refractivity contribution in [1.82, 2.24) is 0 Å². The van der Waals surface area contributed by atoms with Crippen LogP contribution in [-0.4, -0.2) is 12.1 Å². The van der Waals surface area contributed by atoms with E-state index in [0.29, 0.717) is 5.92 Å². The van der Waals surface area contributed by atoms with E-state index in [0.717, 1.165) is 24.7 Å². The Morgan fingerprint density at radius 1 is 1.22 bits per heavy atom. The maximum Gasteiger partial charge on any atom is 0.159 e. The number of carbonyl (C=O) groups is 2. The molecule has 0 bridgehead atoms. The number of carbonyl (C=O) groups excluding carboxylic acids is 2. The Bertz CT molecular complexity index is 330. The standard InChI is InChI=1S/C8H8O.C8H16O/c1-7(9)8-5-3-2-4-6-8;1-3-5-6-8(4-2)7-9/h2-6H,1H3;7-8H,3-6H2,1-2H3. The van der Waals surface area contributed by atoms with Gasteiger partial charge in [-0.15, -0.1) is 0 Å². The highest BCUT2D eigenvalue weighted by molar-refractivity contribution is 5.93. The summed E-state index contributed by atoms with van der Waals surface area (Å²) in [5.74, 6) is 0.445. The number of ketones is 1. The molecule has 0 N–H and O–H groups in total. The molecule has 0 aliphatic heterocycles. The lowest BCUT2D eigenvalue weighted by molar-refractivity contribution is -0.111. The molecule has 1 atom stereocenters. The molecule has 1 unspecified atom stereocenters. The van der Waals surface area contributed by atoms with Crippen LogP contribution in [0.3, 0.4) is 0 Å². The Morgan fingerprint density at radius 3 is 2.17 bits per heavy atom. The molecule has 2 nitrogen and oxygen atoms in total. The van der Waals surface area contributed by atoms with Gasteiger partial charge in [-0.2, -0.15) is 0 Å². The number of rotatable bonds is 6. The fourth-order valence-corrected chi connectivity index (χ4v) is 1.51. The number of aldehydes is 1. The van der Waals surface area contributed by atoms with Crippen molar-refractivity contribution in [2.45, 2.75) is 46.5 Å². The van der Waals surface area contributed by atoms with Gasteiger partial charge in [-0.1, -0.05) is 57.0 Å². The van der Waals surface area contributed by atoms with Crippen molar-refractivity contribution < 1.29 is 9.59 Å². The van der Waals surface area contributed by atoms with E-state index in [2.05, 4.69) is 13.8 Å². The molecule has 0 amide bonds. The average molecular weight is 248 g/mol. The minimum Gasteiger partial charge on any atom is -0.303 e. The molecule has 1 aromatic carbocycles. The van der Waals surface area contributed by atoms with E-state index in [1.54, 1.807) is 6.92 Å². The number of benzene rings is 1. The number of Topliss-reactive ketones (excluding diaryl/α,β-unsaturated/α-hetero) is 1. The van der Waals surface area contributed by atoms with Gasteiger partial charge in [0.25, 0.3) is 0 Å². The van der Waals surface area contributed by atoms with Crippen LogP contribution in [-0.2, 0) is 4.79 Å². The molecule has 2 heteroatoms. The number of hydrogen-bond donors (Lipinski definition) is 0. The third kappa shape index (κ3) is 7.77. The van der Waals surface area contributed by atoms with Gasteiger partial charge in [0, 0.05) is 11.5 Å². The zero-order valence-corrected chi connectivity index (χ0v) is 11.7. The van der Waals surface area contributed by atoms with Crippen LogP contribution in [0.4, 0.5) is 0 Å². The normalized spacial score (nSPS) is 11.1. The Morgan fingerprint density at radius 2 is 1.83 bits per heavy atom. The summed E-state index contributed by atoms with van der Waals surface area (Å²) in [6.45, 7) is 5.78.